The zero-order chi connectivity index (χ0) is 27.4. The Morgan fingerprint density at radius 3 is 2.41 bits per heavy atom. The van der Waals surface area contributed by atoms with Gasteiger partial charge in [-0.1, -0.05) is 30.3 Å². The van der Waals surface area contributed by atoms with Crippen molar-refractivity contribution in [2.75, 3.05) is 18.4 Å². The Balaban J connectivity index is 1.50. The molecule has 196 valence electrons. The molecule has 3 aromatic carbocycles. The zero-order valence-corrected chi connectivity index (χ0v) is 20.5. The van der Waals surface area contributed by atoms with Gasteiger partial charge < -0.3 is 15.4 Å². The van der Waals surface area contributed by atoms with E-state index in [1.165, 1.54) is 36.4 Å². The van der Waals surface area contributed by atoms with Crippen LogP contribution in [-0.4, -0.2) is 27.6 Å². The van der Waals surface area contributed by atoms with Crippen molar-refractivity contribution in [2.45, 2.75) is 0 Å². The lowest BCUT2D eigenvalue weighted by molar-refractivity contribution is 0.385. The number of ether oxygens (including phenoxy) is 1. The number of nitrogens with one attached hydrogen (secondary N) is 2. The molecule has 0 aliphatic heterocycles. The van der Waals surface area contributed by atoms with Gasteiger partial charge in [0, 0.05) is 36.2 Å². The van der Waals surface area contributed by atoms with E-state index in [-0.39, 0.29) is 40.5 Å². The maximum atomic E-state index is 14.9. The van der Waals surface area contributed by atoms with Crippen molar-refractivity contribution in [3.05, 3.63) is 125 Å². The second-order valence-corrected chi connectivity index (χ2v) is 8.41. The van der Waals surface area contributed by atoms with Crippen molar-refractivity contribution in [2.24, 2.45) is 0 Å². The van der Waals surface area contributed by atoms with Crippen LogP contribution in [0.15, 0.2) is 102 Å². The van der Waals surface area contributed by atoms with E-state index in [9.17, 15) is 18.0 Å². The molecule has 0 unspecified atom stereocenters. The normalized spacial score (nSPS) is 10.8. The van der Waals surface area contributed by atoms with Gasteiger partial charge in [-0.15, -0.1) is 0 Å². The van der Waals surface area contributed by atoms with E-state index in [4.69, 9.17) is 4.74 Å². The molecule has 0 saturated carbocycles. The van der Waals surface area contributed by atoms with Gasteiger partial charge in [-0.3, -0.25) is 9.36 Å². The van der Waals surface area contributed by atoms with E-state index < -0.39 is 23.0 Å². The molecule has 0 fully saturated rings. The summed E-state index contributed by atoms with van der Waals surface area (Å²) in [4.78, 5) is 21.8. The number of halogens is 3. The van der Waals surface area contributed by atoms with Gasteiger partial charge in [-0.25, -0.2) is 18.2 Å². The minimum atomic E-state index is -0.847. The smallest absolute Gasteiger partial charge is 0.256 e. The maximum absolute atomic E-state index is 14.9. The van der Waals surface area contributed by atoms with Crippen LogP contribution in [-0.2, 0) is 0 Å². The zero-order valence-electron chi connectivity index (χ0n) is 20.5. The van der Waals surface area contributed by atoms with E-state index in [0.29, 0.717) is 18.2 Å². The van der Waals surface area contributed by atoms with Gasteiger partial charge in [0.25, 0.3) is 5.56 Å². The predicted octanol–water partition coefficient (Wildman–Crippen LogP) is 5.42. The summed E-state index contributed by atoms with van der Waals surface area (Å²) in [7, 11) is 0. The Kier molecular flexibility index (Phi) is 7.26. The number of rotatable bonds is 9. The van der Waals surface area contributed by atoms with E-state index >= 15 is 0 Å². The number of pyridine rings is 1. The lowest BCUT2D eigenvalue weighted by atomic mass is 10.1. The van der Waals surface area contributed by atoms with E-state index in [1.807, 2.05) is 18.2 Å². The van der Waals surface area contributed by atoms with Crippen LogP contribution in [0.3, 0.4) is 0 Å². The van der Waals surface area contributed by atoms with E-state index in [1.54, 1.807) is 18.2 Å². The number of fused-ring (bicyclic) bond motifs is 1. The van der Waals surface area contributed by atoms with Crippen LogP contribution in [0.4, 0.5) is 19.1 Å². The molecule has 0 aliphatic carbocycles. The first-order valence-electron chi connectivity index (χ1n) is 11.9. The summed E-state index contributed by atoms with van der Waals surface area (Å²) in [5, 5.41) is 6.31. The number of benzene rings is 3. The van der Waals surface area contributed by atoms with Gasteiger partial charge >= 0.3 is 0 Å². The monoisotopic (exact) mass is 529 g/mol. The molecule has 5 aromatic rings. The summed E-state index contributed by atoms with van der Waals surface area (Å²) < 4.78 is 49.9. The lowest BCUT2D eigenvalue weighted by Crippen LogP contribution is -2.25. The Bertz CT molecular complexity index is 1720. The molecule has 0 saturated heterocycles. The molecule has 0 atom stereocenters. The van der Waals surface area contributed by atoms with Crippen LogP contribution in [0.2, 0.25) is 0 Å². The largest absolute Gasteiger partial charge is 0.442 e. The molecule has 39 heavy (non-hydrogen) atoms. The topological polar surface area (TPSA) is 81.1 Å². The van der Waals surface area contributed by atoms with Crippen LogP contribution < -0.4 is 20.9 Å². The number of aromatic nitrogens is 3. The van der Waals surface area contributed by atoms with Crippen molar-refractivity contribution < 1.29 is 17.9 Å². The molecule has 10 heteroatoms. The van der Waals surface area contributed by atoms with Crippen molar-refractivity contribution in [3.63, 3.8) is 0 Å². The van der Waals surface area contributed by atoms with Crippen LogP contribution in [0.1, 0.15) is 0 Å². The van der Waals surface area contributed by atoms with Gasteiger partial charge in [0.15, 0.2) is 11.5 Å². The molecular weight excluding hydrogens is 507 g/mol. The van der Waals surface area contributed by atoms with Crippen LogP contribution in [0.5, 0.6) is 5.75 Å². The fourth-order valence-electron chi connectivity index (χ4n) is 3.99. The average Bonchev–Trinajstić information content (AvgIpc) is 2.92. The fourth-order valence-corrected chi connectivity index (χ4v) is 3.99. The molecule has 0 spiro atoms. The predicted molar refractivity (Wildman–Crippen MR) is 143 cm³/mol. The van der Waals surface area contributed by atoms with Crippen LogP contribution in [0.25, 0.3) is 28.0 Å². The highest BCUT2D eigenvalue weighted by atomic mass is 19.1. The Morgan fingerprint density at radius 1 is 0.872 bits per heavy atom. The van der Waals surface area contributed by atoms with Crippen molar-refractivity contribution in [1.82, 2.24) is 19.9 Å². The molecule has 0 aliphatic rings. The van der Waals surface area contributed by atoms with Gasteiger partial charge in [0.05, 0.1) is 11.4 Å². The molecule has 7 nitrogen and oxygen atoms in total. The van der Waals surface area contributed by atoms with Crippen molar-refractivity contribution >= 4 is 17.0 Å². The third-order valence-corrected chi connectivity index (χ3v) is 5.74. The summed E-state index contributed by atoms with van der Waals surface area (Å²) in [6.07, 6.45) is 0. The summed E-state index contributed by atoms with van der Waals surface area (Å²) in [5.41, 5.74) is -0.421. The van der Waals surface area contributed by atoms with Gasteiger partial charge in [-0.05, 0) is 49.0 Å². The minimum Gasteiger partial charge on any atom is -0.442 e. The average molecular weight is 530 g/mol. The summed E-state index contributed by atoms with van der Waals surface area (Å²) in [6, 6.07) is 20.6. The molecule has 5 rings (SSSR count). The molecule has 0 bridgehead atoms. The Labute approximate surface area is 221 Å². The standard InChI is InChI=1S/C29H22F3N5O2/c1-18(39-20-7-3-2-4-8-20)33-15-16-34-29-35-27(21-12-11-19(30)17-24(21)32)22-13-14-26(38)37(28(22)36-29)25-10-6-5-9-23(25)31/h2-14,17,33H,1,15-16H2,(H,34,35,36). The molecule has 0 radical (unpaired) electrons. The van der Waals surface area contributed by atoms with Crippen molar-refractivity contribution in [3.8, 4) is 22.7 Å². The third kappa shape index (κ3) is 5.59. The first-order chi connectivity index (χ1) is 18.9. The van der Waals surface area contributed by atoms with E-state index in [0.717, 1.165) is 16.7 Å². The van der Waals surface area contributed by atoms with Gasteiger partial charge in [0.1, 0.15) is 23.2 Å². The lowest BCUT2D eigenvalue weighted by Gasteiger charge is -2.15. The number of anilines is 1. The van der Waals surface area contributed by atoms with Crippen LogP contribution in [0, 0.1) is 17.5 Å². The summed E-state index contributed by atoms with van der Waals surface area (Å²) in [5.74, 6) is -1.24. The van der Waals surface area contributed by atoms with Gasteiger partial charge in [0.2, 0.25) is 5.95 Å². The maximum Gasteiger partial charge on any atom is 0.256 e. The first kappa shape index (κ1) is 25.5. The molecule has 2 N–H and O–H groups in total. The summed E-state index contributed by atoms with van der Waals surface area (Å²) >= 11 is 0. The number of nitrogens with zero attached hydrogens (tertiary/aromatic N) is 3. The van der Waals surface area contributed by atoms with Crippen LogP contribution >= 0.6 is 0 Å². The quantitative estimate of drug-likeness (QED) is 0.196. The summed E-state index contributed by atoms with van der Waals surface area (Å²) in [6.45, 7) is 4.46. The number of hydrogen-bond acceptors (Lipinski definition) is 6. The highest BCUT2D eigenvalue weighted by Gasteiger charge is 2.19. The highest BCUT2D eigenvalue weighted by Crippen LogP contribution is 2.30. The number of hydrogen-bond donors (Lipinski definition) is 2. The first-order valence-corrected chi connectivity index (χ1v) is 11.9. The fraction of sp³-hybridized carbons (Fsp3) is 0.0690. The Morgan fingerprint density at radius 2 is 1.64 bits per heavy atom. The van der Waals surface area contributed by atoms with Gasteiger partial charge in [-0.2, -0.15) is 4.98 Å². The molecule has 0 amide bonds. The molecule has 2 heterocycles. The SMILES string of the molecule is C=C(NCCNc1nc(-c2ccc(F)cc2F)c2ccc(=O)n(-c3ccccc3F)c2n1)Oc1ccccc1. The third-order valence-electron chi connectivity index (χ3n) is 5.74. The minimum absolute atomic E-state index is 0.00616. The van der Waals surface area contributed by atoms with Crippen molar-refractivity contribution in [1.29, 1.82) is 0 Å². The van der Waals surface area contributed by atoms with E-state index in [2.05, 4.69) is 27.2 Å². The highest BCUT2D eigenvalue weighted by molar-refractivity contribution is 5.92. The molecule has 2 aromatic heterocycles. The Hall–Kier alpha value is -5.12. The number of para-hydroxylation sites is 2. The second-order valence-electron chi connectivity index (χ2n) is 8.41. The second kappa shape index (κ2) is 11.1. The molecular formula is C29H22F3N5O2.